The van der Waals surface area contributed by atoms with E-state index in [0.29, 0.717) is 0 Å². The van der Waals surface area contributed by atoms with Crippen LogP contribution in [-0.2, 0) is 9.59 Å². The molecule has 17 heavy (non-hydrogen) atoms. The molecule has 0 saturated carbocycles. The minimum atomic E-state index is -1.30. The molecule has 1 fully saturated rings. The number of rotatable bonds is 3. The number of aromatic nitrogens is 3. The summed E-state index contributed by atoms with van der Waals surface area (Å²) >= 11 is 0. The number of carboxylic acids is 2. The molecule has 90 valence electrons. The van der Waals surface area contributed by atoms with Gasteiger partial charge in [0.15, 0.2) is 0 Å². The summed E-state index contributed by atoms with van der Waals surface area (Å²) in [6.45, 7) is -0.0505. The molecule has 1 aliphatic heterocycles. The summed E-state index contributed by atoms with van der Waals surface area (Å²) in [5.41, 5.74) is 0. The van der Waals surface area contributed by atoms with Gasteiger partial charge >= 0.3 is 11.9 Å². The number of amides is 1. The Hall–Kier alpha value is -2.45. The van der Waals surface area contributed by atoms with Gasteiger partial charge in [-0.15, -0.1) is 5.10 Å². The smallest absolute Gasteiger partial charge is 0.373 e. The summed E-state index contributed by atoms with van der Waals surface area (Å²) < 4.78 is 0. The Balaban J connectivity index is 2.20. The van der Waals surface area contributed by atoms with Gasteiger partial charge in [-0.2, -0.15) is 4.98 Å². The summed E-state index contributed by atoms with van der Waals surface area (Å²) in [6, 6.07) is 0. The van der Waals surface area contributed by atoms with E-state index in [4.69, 9.17) is 10.2 Å². The second-order valence-electron chi connectivity index (χ2n) is 3.53. The van der Waals surface area contributed by atoms with Crippen LogP contribution in [0.3, 0.4) is 0 Å². The third-order valence-corrected chi connectivity index (χ3v) is 2.39. The Morgan fingerprint density at radius 3 is 2.59 bits per heavy atom. The number of carbonyl (C=O) groups is 3. The predicted octanol–water partition coefficient (Wildman–Crippen LogP) is -1.06. The molecule has 0 aromatic carbocycles. The lowest BCUT2D eigenvalue weighted by molar-refractivity contribution is -0.141. The first-order valence-electron chi connectivity index (χ1n) is 4.68. The van der Waals surface area contributed by atoms with Crippen LogP contribution in [0.2, 0.25) is 0 Å². The lowest BCUT2D eigenvalue weighted by Gasteiger charge is -2.09. The van der Waals surface area contributed by atoms with E-state index in [9.17, 15) is 14.4 Å². The third kappa shape index (κ3) is 1.94. The molecule has 2 rings (SSSR count). The van der Waals surface area contributed by atoms with Gasteiger partial charge in [-0.1, -0.05) is 0 Å². The van der Waals surface area contributed by atoms with Crippen LogP contribution in [0, 0.1) is 5.92 Å². The summed E-state index contributed by atoms with van der Waals surface area (Å²) in [5, 5.41) is 23.1. The summed E-state index contributed by atoms with van der Waals surface area (Å²) in [5.74, 6) is -4.13. The van der Waals surface area contributed by atoms with E-state index in [-0.39, 0.29) is 18.9 Å². The Labute approximate surface area is 94.1 Å². The fraction of sp³-hybridized carbons (Fsp3) is 0.375. The van der Waals surface area contributed by atoms with Crippen molar-refractivity contribution in [2.45, 2.75) is 6.42 Å². The highest BCUT2D eigenvalue weighted by atomic mass is 16.4. The fourth-order valence-corrected chi connectivity index (χ4v) is 1.54. The molecule has 0 spiro atoms. The number of aromatic amines is 1. The van der Waals surface area contributed by atoms with Crippen molar-refractivity contribution in [1.29, 1.82) is 0 Å². The molecule has 0 bridgehead atoms. The number of nitrogens with one attached hydrogen (secondary N) is 1. The van der Waals surface area contributed by atoms with Crippen molar-refractivity contribution in [3.05, 3.63) is 5.82 Å². The second-order valence-corrected chi connectivity index (χ2v) is 3.53. The third-order valence-electron chi connectivity index (χ3n) is 2.39. The quantitative estimate of drug-likeness (QED) is 0.612. The highest BCUT2D eigenvalue weighted by Gasteiger charge is 2.37. The summed E-state index contributed by atoms with van der Waals surface area (Å²) in [4.78, 5) is 37.4. The maximum absolute atomic E-state index is 11.5. The van der Waals surface area contributed by atoms with E-state index in [1.165, 1.54) is 0 Å². The zero-order chi connectivity index (χ0) is 12.6. The molecule has 1 atom stereocenters. The minimum Gasteiger partial charge on any atom is -0.481 e. The van der Waals surface area contributed by atoms with Gasteiger partial charge in [-0.05, 0) is 0 Å². The van der Waals surface area contributed by atoms with Crippen LogP contribution >= 0.6 is 0 Å². The van der Waals surface area contributed by atoms with Crippen molar-refractivity contribution in [1.82, 2.24) is 15.2 Å². The normalized spacial score (nSPS) is 19.6. The average molecular weight is 240 g/mol. The largest absolute Gasteiger partial charge is 0.481 e. The number of carboxylic acid groups (broad SMARTS) is 2. The van der Waals surface area contributed by atoms with E-state index < -0.39 is 29.6 Å². The first kappa shape index (κ1) is 11.0. The molecule has 1 amide bonds. The van der Waals surface area contributed by atoms with Crippen molar-refractivity contribution in [3.8, 4) is 0 Å². The lowest BCUT2D eigenvalue weighted by Crippen LogP contribution is -2.26. The van der Waals surface area contributed by atoms with Crippen molar-refractivity contribution in [2.75, 3.05) is 11.4 Å². The fourth-order valence-electron chi connectivity index (χ4n) is 1.54. The van der Waals surface area contributed by atoms with E-state index in [0.717, 1.165) is 4.90 Å². The zero-order valence-electron chi connectivity index (χ0n) is 8.45. The molecule has 0 aliphatic carbocycles. The Morgan fingerprint density at radius 1 is 1.41 bits per heavy atom. The molecule has 0 radical (unpaired) electrons. The van der Waals surface area contributed by atoms with Crippen LogP contribution in [0.1, 0.15) is 17.0 Å². The van der Waals surface area contributed by atoms with E-state index >= 15 is 0 Å². The van der Waals surface area contributed by atoms with Gasteiger partial charge in [0.25, 0.3) is 5.95 Å². The van der Waals surface area contributed by atoms with Crippen LogP contribution in [0.25, 0.3) is 0 Å². The first-order chi connectivity index (χ1) is 7.99. The van der Waals surface area contributed by atoms with Gasteiger partial charge in [-0.25, -0.2) is 4.79 Å². The number of aromatic carboxylic acids is 1. The van der Waals surface area contributed by atoms with Crippen LogP contribution in [0.5, 0.6) is 0 Å². The van der Waals surface area contributed by atoms with Gasteiger partial charge in [0.2, 0.25) is 11.7 Å². The van der Waals surface area contributed by atoms with Crippen LogP contribution in [0.4, 0.5) is 5.95 Å². The van der Waals surface area contributed by atoms with Gasteiger partial charge in [0, 0.05) is 13.0 Å². The first-order valence-corrected chi connectivity index (χ1v) is 4.68. The van der Waals surface area contributed by atoms with Crippen LogP contribution in [-0.4, -0.2) is 49.8 Å². The Kier molecular flexibility index (Phi) is 2.50. The summed E-state index contributed by atoms with van der Waals surface area (Å²) in [6.07, 6.45) is -0.133. The molecule has 1 aromatic rings. The van der Waals surface area contributed by atoms with E-state index in [1.54, 1.807) is 0 Å². The second kappa shape index (κ2) is 3.85. The maximum Gasteiger partial charge on any atom is 0.373 e. The molecular weight excluding hydrogens is 232 g/mol. The van der Waals surface area contributed by atoms with Crippen molar-refractivity contribution in [2.24, 2.45) is 5.92 Å². The summed E-state index contributed by atoms with van der Waals surface area (Å²) in [7, 11) is 0. The lowest BCUT2D eigenvalue weighted by atomic mass is 10.1. The number of nitrogens with zero attached hydrogens (tertiary/aromatic N) is 3. The molecule has 1 saturated heterocycles. The Bertz CT molecular complexity index is 496. The maximum atomic E-state index is 11.5. The SMILES string of the molecule is O=C(O)c1nc(N2CC(C(=O)O)CC2=O)n[nH]1. The van der Waals surface area contributed by atoms with Crippen molar-refractivity contribution >= 4 is 23.8 Å². The molecule has 1 aromatic heterocycles. The number of hydrogen-bond donors (Lipinski definition) is 3. The van der Waals surface area contributed by atoms with Crippen molar-refractivity contribution < 1.29 is 24.6 Å². The number of carbonyl (C=O) groups excluding carboxylic acids is 1. The average Bonchev–Trinajstić information content (AvgIpc) is 2.83. The van der Waals surface area contributed by atoms with Crippen LogP contribution < -0.4 is 4.90 Å². The molecule has 3 N–H and O–H groups in total. The number of aliphatic carboxylic acids is 1. The van der Waals surface area contributed by atoms with E-state index in [2.05, 4.69) is 15.2 Å². The minimum absolute atomic E-state index is 0.0505. The van der Waals surface area contributed by atoms with Crippen LogP contribution in [0.15, 0.2) is 0 Å². The standard InChI is InChI=1S/C8H8N4O5/c13-4-1-3(6(14)15)2-12(4)8-9-5(7(16)17)10-11-8/h3H,1-2H2,(H,14,15)(H,16,17)(H,9,10,11). The molecular formula is C8H8N4O5. The molecule has 9 heteroatoms. The monoisotopic (exact) mass is 240 g/mol. The molecule has 1 unspecified atom stereocenters. The molecule has 9 nitrogen and oxygen atoms in total. The number of anilines is 1. The zero-order valence-corrected chi connectivity index (χ0v) is 8.45. The predicted molar refractivity (Wildman–Crippen MR) is 51.4 cm³/mol. The Morgan fingerprint density at radius 2 is 2.12 bits per heavy atom. The van der Waals surface area contributed by atoms with Gasteiger partial charge < -0.3 is 10.2 Å². The number of H-pyrrole nitrogens is 1. The molecule has 2 heterocycles. The highest BCUT2D eigenvalue weighted by Crippen LogP contribution is 2.22. The van der Waals surface area contributed by atoms with E-state index in [1.807, 2.05) is 0 Å². The highest BCUT2D eigenvalue weighted by molar-refractivity contribution is 5.98. The topological polar surface area (TPSA) is 136 Å². The number of hydrogen-bond acceptors (Lipinski definition) is 5. The molecule has 1 aliphatic rings. The van der Waals surface area contributed by atoms with Gasteiger partial charge in [0.05, 0.1) is 5.92 Å². The van der Waals surface area contributed by atoms with Gasteiger partial charge in [-0.3, -0.25) is 19.6 Å². The van der Waals surface area contributed by atoms with Gasteiger partial charge in [0.1, 0.15) is 0 Å². The van der Waals surface area contributed by atoms with Crippen molar-refractivity contribution in [3.63, 3.8) is 0 Å².